The van der Waals surface area contributed by atoms with Crippen LogP contribution in [-0.4, -0.2) is 10.7 Å². The number of hydrogen-bond donors (Lipinski definition) is 1. The summed E-state index contributed by atoms with van der Waals surface area (Å²) in [6.07, 6.45) is 6.15. The van der Waals surface area contributed by atoms with E-state index in [-0.39, 0.29) is 11.7 Å². The monoisotopic (exact) mass is 262 g/mol. The van der Waals surface area contributed by atoms with Crippen LogP contribution in [0.5, 0.6) is 5.75 Å². The number of aliphatic hydroxyl groups is 1. The first-order chi connectivity index (χ1) is 9.03. The molecule has 1 atom stereocenters. The molecule has 1 aromatic carbocycles. The number of fused-ring (bicyclic) bond motifs is 1. The van der Waals surface area contributed by atoms with Crippen LogP contribution in [0.15, 0.2) is 18.2 Å². The van der Waals surface area contributed by atoms with Crippen LogP contribution in [0.4, 0.5) is 0 Å². The van der Waals surface area contributed by atoms with Gasteiger partial charge in [-0.1, -0.05) is 50.8 Å². The normalized spacial score (nSPS) is 17.9. The third-order valence-electron chi connectivity index (χ3n) is 3.81. The molecule has 2 heteroatoms. The van der Waals surface area contributed by atoms with E-state index in [0.717, 1.165) is 30.6 Å². The Morgan fingerprint density at radius 2 is 2.05 bits per heavy atom. The third-order valence-corrected chi connectivity index (χ3v) is 3.81. The molecular weight excluding hydrogens is 236 g/mol. The average molecular weight is 262 g/mol. The molecule has 0 aromatic heterocycles. The molecule has 0 radical (unpaired) electrons. The smallest absolute Gasteiger partial charge is 0.129 e. The van der Waals surface area contributed by atoms with Gasteiger partial charge in [0.2, 0.25) is 0 Å². The molecule has 1 N–H and O–H groups in total. The first kappa shape index (κ1) is 14.4. The fourth-order valence-corrected chi connectivity index (χ4v) is 2.82. The van der Waals surface area contributed by atoms with Crippen LogP contribution in [0, 0.1) is 0 Å². The van der Waals surface area contributed by atoms with Crippen LogP contribution in [0.3, 0.4) is 0 Å². The Hall–Kier alpha value is -1.02. The summed E-state index contributed by atoms with van der Waals surface area (Å²) in [7, 11) is 0. The molecule has 0 aliphatic carbocycles. The molecule has 0 saturated heterocycles. The molecule has 1 aliphatic rings. The molecule has 106 valence electrons. The van der Waals surface area contributed by atoms with Gasteiger partial charge in [-0.15, -0.1) is 0 Å². The zero-order valence-corrected chi connectivity index (χ0v) is 12.4. The zero-order chi connectivity index (χ0) is 13.9. The minimum Gasteiger partial charge on any atom is -0.487 e. The summed E-state index contributed by atoms with van der Waals surface area (Å²) in [5.74, 6) is 0.926. The fourth-order valence-electron chi connectivity index (χ4n) is 2.82. The van der Waals surface area contributed by atoms with Gasteiger partial charge in [0.25, 0.3) is 0 Å². The largest absolute Gasteiger partial charge is 0.487 e. The second-order valence-electron chi connectivity index (χ2n) is 6.24. The minimum absolute atomic E-state index is 0.139. The Morgan fingerprint density at radius 3 is 2.79 bits per heavy atom. The lowest BCUT2D eigenvalue weighted by molar-refractivity contribution is 0.123. The van der Waals surface area contributed by atoms with Crippen molar-refractivity contribution in [3.63, 3.8) is 0 Å². The first-order valence-electron chi connectivity index (χ1n) is 7.52. The number of hydrogen-bond acceptors (Lipinski definition) is 2. The molecular formula is C17H26O2. The van der Waals surface area contributed by atoms with Crippen molar-refractivity contribution in [2.75, 3.05) is 0 Å². The van der Waals surface area contributed by atoms with Gasteiger partial charge in [-0.3, -0.25) is 0 Å². The van der Waals surface area contributed by atoms with E-state index in [2.05, 4.69) is 26.8 Å². The van der Waals surface area contributed by atoms with Crippen molar-refractivity contribution in [3.8, 4) is 5.75 Å². The van der Waals surface area contributed by atoms with Crippen LogP contribution in [0.1, 0.15) is 70.1 Å². The van der Waals surface area contributed by atoms with E-state index in [4.69, 9.17) is 4.74 Å². The summed E-state index contributed by atoms with van der Waals surface area (Å²) >= 11 is 0. The van der Waals surface area contributed by atoms with Gasteiger partial charge >= 0.3 is 0 Å². The topological polar surface area (TPSA) is 29.5 Å². The highest BCUT2D eigenvalue weighted by Gasteiger charge is 2.32. The van der Waals surface area contributed by atoms with E-state index in [9.17, 15) is 5.11 Å². The molecule has 1 aromatic rings. The summed E-state index contributed by atoms with van der Waals surface area (Å²) in [6, 6.07) is 6.15. The highest BCUT2D eigenvalue weighted by Crippen LogP contribution is 2.40. The molecule has 0 spiro atoms. The van der Waals surface area contributed by atoms with Crippen molar-refractivity contribution in [2.24, 2.45) is 0 Å². The lowest BCUT2D eigenvalue weighted by atomic mass is 9.97. The molecule has 0 fully saturated rings. The second-order valence-corrected chi connectivity index (χ2v) is 6.24. The van der Waals surface area contributed by atoms with Crippen molar-refractivity contribution >= 4 is 0 Å². The quantitative estimate of drug-likeness (QED) is 0.770. The minimum atomic E-state index is -0.388. The summed E-state index contributed by atoms with van der Waals surface area (Å²) in [5, 5.41) is 10.4. The van der Waals surface area contributed by atoms with E-state index < -0.39 is 0 Å². The van der Waals surface area contributed by atoms with E-state index in [1.807, 2.05) is 12.1 Å². The Morgan fingerprint density at radius 1 is 1.26 bits per heavy atom. The molecule has 0 amide bonds. The number of unbranched alkanes of at least 4 members (excludes halogenated alkanes) is 3. The lowest BCUT2D eigenvalue weighted by Gasteiger charge is -2.20. The summed E-state index contributed by atoms with van der Waals surface area (Å²) in [6.45, 7) is 6.41. The molecule has 2 nitrogen and oxygen atoms in total. The van der Waals surface area contributed by atoms with Gasteiger partial charge in [-0.25, -0.2) is 0 Å². The number of rotatable bonds is 6. The Bertz CT molecular complexity index is 423. The zero-order valence-electron chi connectivity index (χ0n) is 12.4. The van der Waals surface area contributed by atoms with E-state index in [1.54, 1.807) is 0 Å². The summed E-state index contributed by atoms with van der Waals surface area (Å²) in [4.78, 5) is 0. The molecule has 19 heavy (non-hydrogen) atoms. The molecule has 0 saturated carbocycles. The number of ether oxygens (including phenoxy) is 1. The predicted molar refractivity (Wildman–Crippen MR) is 78.6 cm³/mol. The van der Waals surface area contributed by atoms with Crippen LogP contribution in [0.2, 0.25) is 0 Å². The number of para-hydroxylation sites is 1. The molecule has 1 unspecified atom stereocenters. The summed E-state index contributed by atoms with van der Waals surface area (Å²) in [5.41, 5.74) is 2.06. The Labute approximate surface area is 116 Å². The maximum Gasteiger partial charge on any atom is 0.129 e. The van der Waals surface area contributed by atoms with Crippen molar-refractivity contribution < 1.29 is 9.84 Å². The third kappa shape index (κ3) is 3.50. The maximum atomic E-state index is 10.4. The van der Waals surface area contributed by atoms with Gasteiger partial charge < -0.3 is 9.84 Å². The van der Waals surface area contributed by atoms with Gasteiger partial charge in [0.15, 0.2) is 0 Å². The molecule has 1 aliphatic heterocycles. The summed E-state index contributed by atoms with van der Waals surface area (Å²) < 4.78 is 6.01. The van der Waals surface area contributed by atoms with Crippen LogP contribution < -0.4 is 4.74 Å². The maximum absolute atomic E-state index is 10.4. The van der Waals surface area contributed by atoms with Crippen molar-refractivity contribution in [1.29, 1.82) is 0 Å². The van der Waals surface area contributed by atoms with Crippen LogP contribution in [-0.2, 0) is 6.42 Å². The molecule has 0 bridgehead atoms. The van der Waals surface area contributed by atoms with Crippen molar-refractivity contribution in [2.45, 2.75) is 71.0 Å². The highest BCUT2D eigenvalue weighted by atomic mass is 16.5. The fraction of sp³-hybridized carbons (Fsp3) is 0.647. The van der Waals surface area contributed by atoms with Gasteiger partial charge in [0.05, 0.1) is 6.10 Å². The van der Waals surface area contributed by atoms with Crippen LogP contribution in [0.25, 0.3) is 0 Å². The van der Waals surface area contributed by atoms with E-state index in [1.165, 1.54) is 24.8 Å². The Kier molecular flexibility index (Phi) is 4.51. The first-order valence-corrected chi connectivity index (χ1v) is 7.52. The van der Waals surface area contributed by atoms with Crippen LogP contribution >= 0.6 is 0 Å². The average Bonchev–Trinajstić information content (AvgIpc) is 2.67. The molecule has 2 rings (SSSR count). The Balaban J connectivity index is 2.04. The van der Waals surface area contributed by atoms with Crippen molar-refractivity contribution in [1.82, 2.24) is 0 Å². The highest BCUT2D eigenvalue weighted by molar-refractivity contribution is 5.46. The number of aliphatic hydroxyl groups excluding tert-OH is 1. The van der Waals surface area contributed by atoms with E-state index >= 15 is 0 Å². The second kappa shape index (κ2) is 5.96. The predicted octanol–water partition coefficient (Wildman–Crippen LogP) is 4.40. The lowest BCUT2D eigenvalue weighted by Crippen LogP contribution is -2.25. The van der Waals surface area contributed by atoms with Gasteiger partial charge in [0, 0.05) is 12.0 Å². The SMILES string of the molecule is CCCCCCC(O)c1cccc2c1OC(C)(C)C2. The molecule has 1 heterocycles. The van der Waals surface area contributed by atoms with Crippen molar-refractivity contribution in [3.05, 3.63) is 29.3 Å². The van der Waals surface area contributed by atoms with Gasteiger partial charge in [-0.05, 0) is 25.8 Å². The van der Waals surface area contributed by atoms with E-state index in [0.29, 0.717) is 0 Å². The van der Waals surface area contributed by atoms with Gasteiger partial charge in [0.1, 0.15) is 11.4 Å². The number of benzene rings is 1. The standard InChI is InChI=1S/C17H26O2/c1-4-5-6-7-11-15(18)14-10-8-9-13-12-17(2,3)19-16(13)14/h8-10,15,18H,4-7,11-12H2,1-3H3. The van der Waals surface area contributed by atoms with Gasteiger partial charge in [-0.2, -0.15) is 0 Å².